The van der Waals surface area contributed by atoms with Gasteiger partial charge in [-0.1, -0.05) is 15.9 Å². The van der Waals surface area contributed by atoms with Crippen LogP contribution in [0.4, 0.5) is 10.1 Å². The normalized spacial score (nSPS) is 11.3. The van der Waals surface area contributed by atoms with Crippen molar-refractivity contribution in [2.75, 3.05) is 18.1 Å². The fourth-order valence-corrected chi connectivity index (χ4v) is 2.98. The molecule has 0 aliphatic carbocycles. The summed E-state index contributed by atoms with van der Waals surface area (Å²) in [7, 11) is -3.61. The molecular formula is C14H13BrFNO3S. The van der Waals surface area contributed by atoms with Crippen LogP contribution in [0.2, 0.25) is 0 Å². The van der Waals surface area contributed by atoms with Gasteiger partial charge in [-0.3, -0.25) is 0 Å². The number of anilines is 1. The highest BCUT2D eigenvalue weighted by molar-refractivity contribution is 9.10. The molecule has 0 atom stereocenters. The first-order chi connectivity index (χ1) is 9.88. The maximum Gasteiger partial charge on any atom is 0.181 e. The van der Waals surface area contributed by atoms with Crippen LogP contribution in [0, 0.1) is 5.82 Å². The molecule has 2 aromatic rings. The van der Waals surface area contributed by atoms with Crippen LogP contribution in [0.15, 0.2) is 51.8 Å². The number of nitrogen functional groups attached to an aromatic ring is 1. The lowest BCUT2D eigenvalue weighted by Crippen LogP contribution is -2.14. The van der Waals surface area contributed by atoms with Crippen molar-refractivity contribution in [2.24, 2.45) is 0 Å². The zero-order valence-electron chi connectivity index (χ0n) is 10.9. The van der Waals surface area contributed by atoms with E-state index in [1.165, 1.54) is 12.1 Å². The molecule has 0 aliphatic rings. The molecule has 0 spiro atoms. The van der Waals surface area contributed by atoms with E-state index in [9.17, 15) is 12.8 Å². The van der Waals surface area contributed by atoms with Gasteiger partial charge < -0.3 is 10.5 Å². The van der Waals surface area contributed by atoms with Crippen LogP contribution in [0.25, 0.3) is 0 Å². The second-order valence-corrected chi connectivity index (χ2v) is 7.33. The highest BCUT2D eigenvalue weighted by Gasteiger charge is 2.16. The summed E-state index contributed by atoms with van der Waals surface area (Å²) >= 11 is 3.29. The van der Waals surface area contributed by atoms with Crippen molar-refractivity contribution >= 4 is 31.5 Å². The van der Waals surface area contributed by atoms with Crippen LogP contribution in [-0.4, -0.2) is 20.8 Å². The van der Waals surface area contributed by atoms with E-state index in [1.54, 1.807) is 24.3 Å². The van der Waals surface area contributed by atoms with Crippen LogP contribution < -0.4 is 10.5 Å². The highest BCUT2D eigenvalue weighted by atomic mass is 79.9. The molecule has 0 saturated heterocycles. The third-order valence-electron chi connectivity index (χ3n) is 2.77. The Morgan fingerprint density at radius 2 is 1.81 bits per heavy atom. The van der Waals surface area contributed by atoms with Gasteiger partial charge in [-0.2, -0.15) is 0 Å². The predicted octanol–water partition coefficient (Wildman–Crippen LogP) is 3.02. The van der Waals surface area contributed by atoms with E-state index in [2.05, 4.69) is 15.9 Å². The Bertz CT molecular complexity index is 732. The Balaban J connectivity index is 2.01. The first-order valence-corrected chi connectivity index (χ1v) is 8.49. The smallest absolute Gasteiger partial charge is 0.181 e. The minimum absolute atomic E-state index is 0.0179. The number of nitrogens with two attached hydrogens (primary N) is 1. The molecule has 0 fully saturated rings. The van der Waals surface area contributed by atoms with E-state index in [0.717, 1.165) is 10.5 Å². The molecule has 2 N–H and O–H groups in total. The molecule has 21 heavy (non-hydrogen) atoms. The fraction of sp³-hybridized carbons (Fsp3) is 0.143. The Kier molecular flexibility index (Phi) is 4.84. The zero-order chi connectivity index (χ0) is 15.5. The summed E-state index contributed by atoms with van der Waals surface area (Å²) < 4.78 is 43.7. The van der Waals surface area contributed by atoms with Gasteiger partial charge in [-0.05, 0) is 42.5 Å². The molecule has 0 heterocycles. The van der Waals surface area contributed by atoms with Gasteiger partial charge in [0.2, 0.25) is 0 Å². The second kappa shape index (κ2) is 6.44. The van der Waals surface area contributed by atoms with Gasteiger partial charge in [0.25, 0.3) is 0 Å². The summed E-state index contributed by atoms with van der Waals surface area (Å²) in [6.07, 6.45) is 0. The van der Waals surface area contributed by atoms with Gasteiger partial charge in [-0.15, -0.1) is 0 Å². The number of hydrogen-bond donors (Lipinski definition) is 1. The number of hydrogen-bond acceptors (Lipinski definition) is 4. The van der Waals surface area contributed by atoms with Crippen LogP contribution in [0.5, 0.6) is 5.75 Å². The molecule has 0 aromatic heterocycles. The molecule has 2 rings (SSSR count). The summed E-state index contributed by atoms with van der Waals surface area (Å²) in [5.41, 5.74) is 5.24. The fourth-order valence-electron chi connectivity index (χ4n) is 1.62. The van der Waals surface area contributed by atoms with Crippen molar-refractivity contribution in [3.05, 3.63) is 52.8 Å². The first kappa shape index (κ1) is 15.8. The highest BCUT2D eigenvalue weighted by Crippen LogP contribution is 2.19. The number of rotatable bonds is 5. The average molecular weight is 374 g/mol. The van der Waals surface area contributed by atoms with Crippen LogP contribution in [-0.2, 0) is 9.84 Å². The number of benzene rings is 2. The minimum atomic E-state index is -3.61. The average Bonchev–Trinajstić information content (AvgIpc) is 2.44. The molecule has 0 bridgehead atoms. The summed E-state index contributed by atoms with van der Waals surface area (Å²) in [4.78, 5) is -0.103. The number of ether oxygens (including phenoxy) is 1. The van der Waals surface area contributed by atoms with Crippen molar-refractivity contribution in [2.45, 2.75) is 4.90 Å². The maximum atomic E-state index is 13.3. The Hall–Kier alpha value is -1.60. The Labute approximate surface area is 130 Å². The maximum absolute atomic E-state index is 13.3. The zero-order valence-corrected chi connectivity index (χ0v) is 13.3. The molecule has 0 unspecified atom stereocenters. The summed E-state index contributed by atoms with van der Waals surface area (Å²) in [6, 6.07) is 10.5. The van der Waals surface area contributed by atoms with Crippen molar-refractivity contribution in [1.82, 2.24) is 0 Å². The summed E-state index contributed by atoms with van der Waals surface area (Å²) in [6.45, 7) is -0.0179. The molecular weight excluding hydrogens is 361 g/mol. The quantitative estimate of drug-likeness (QED) is 0.817. The van der Waals surface area contributed by atoms with Gasteiger partial charge in [0.1, 0.15) is 18.2 Å². The van der Waals surface area contributed by atoms with Crippen LogP contribution >= 0.6 is 15.9 Å². The van der Waals surface area contributed by atoms with Gasteiger partial charge in [0.15, 0.2) is 9.84 Å². The van der Waals surface area contributed by atoms with E-state index < -0.39 is 15.7 Å². The van der Waals surface area contributed by atoms with E-state index in [0.29, 0.717) is 5.75 Å². The SMILES string of the molecule is Nc1ccc(S(=O)(=O)CCOc2ccc(Br)cc2)cc1F. The van der Waals surface area contributed by atoms with Gasteiger partial charge in [0, 0.05) is 4.47 Å². The molecule has 0 saturated carbocycles. The lowest BCUT2D eigenvalue weighted by molar-refractivity contribution is 0.341. The Morgan fingerprint density at radius 1 is 1.14 bits per heavy atom. The van der Waals surface area contributed by atoms with Crippen LogP contribution in [0.3, 0.4) is 0 Å². The van der Waals surface area contributed by atoms with Crippen molar-refractivity contribution < 1.29 is 17.5 Å². The minimum Gasteiger partial charge on any atom is -0.493 e. The molecule has 0 amide bonds. The third-order valence-corrected chi connectivity index (χ3v) is 4.97. The lowest BCUT2D eigenvalue weighted by Gasteiger charge is -2.08. The second-order valence-electron chi connectivity index (χ2n) is 4.30. The monoisotopic (exact) mass is 373 g/mol. The first-order valence-electron chi connectivity index (χ1n) is 6.04. The topological polar surface area (TPSA) is 69.4 Å². The summed E-state index contributed by atoms with van der Waals surface area (Å²) in [5.74, 6) is -0.423. The third kappa shape index (κ3) is 4.18. The summed E-state index contributed by atoms with van der Waals surface area (Å²) in [5, 5.41) is 0. The van der Waals surface area contributed by atoms with Gasteiger partial charge in [-0.25, -0.2) is 12.8 Å². The number of sulfone groups is 1. The van der Waals surface area contributed by atoms with E-state index in [4.69, 9.17) is 10.5 Å². The van der Waals surface area contributed by atoms with Gasteiger partial charge >= 0.3 is 0 Å². The molecule has 2 aromatic carbocycles. The van der Waals surface area contributed by atoms with Crippen molar-refractivity contribution in [3.8, 4) is 5.75 Å². The number of halogens is 2. The van der Waals surface area contributed by atoms with Crippen molar-refractivity contribution in [1.29, 1.82) is 0 Å². The van der Waals surface area contributed by atoms with E-state index >= 15 is 0 Å². The van der Waals surface area contributed by atoms with Gasteiger partial charge in [0.05, 0.1) is 16.3 Å². The largest absolute Gasteiger partial charge is 0.493 e. The standard InChI is InChI=1S/C14H13BrFNO3S/c15-10-1-3-11(4-2-10)20-7-8-21(18,19)12-5-6-14(17)13(16)9-12/h1-6,9H,7-8,17H2. The molecule has 0 aliphatic heterocycles. The molecule has 7 heteroatoms. The molecule has 4 nitrogen and oxygen atoms in total. The predicted molar refractivity (Wildman–Crippen MR) is 82.5 cm³/mol. The van der Waals surface area contributed by atoms with E-state index in [1.807, 2.05) is 0 Å². The lowest BCUT2D eigenvalue weighted by atomic mass is 10.3. The molecule has 112 valence electrons. The van der Waals surface area contributed by atoms with Crippen molar-refractivity contribution in [3.63, 3.8) is 0 Å². The molecule has 0 radical (unpaired) electrons. The van der Waals surface area contributed by atoms with E-state index in [-0.39, 0.29) is 22.9 Å². The van der Waals surface area contributed by atoms with Crippen LogP contribution in [0.1, 0.15) is 0 Å². The Morgan fingerprint density at radius 3 is 2.43 bits per heavy atom.